The zero-order chi connectivity index (χ0) is 15.0. The number of hydrogen-bond donors (Lipinski definition) is 1. The molecule has 1 aliphatic heterocycles. The number of nitrogens with zero attached hydrogens (tertiary/aromatic N) is 2. The summed E-state index contributed by atoms with van der Waals surface area (Å²) in [5.74, 6) is -2.28. The lowest BCUT2D eigenvalue weighted by Crippen LogP contribution is -2.26. The van der Waals surface area contributed by atoms with Crippen LogP contribution in [0, 0.1) is 29.9 Å². The van der Waals surface area contributed by atoms with Crippen molar-refractivity contribution in [1.29, 1.82) is 0 Å². The summed E-state index contributed by atoms with van der Waals surface area (Å²) in [5.41, 5.74) is 1.57. The second-order valence-electron chi connectivity index (χ2n) is 4.93. The van der Waals surface area contributed by atoms with Gasteiger partial charge in [-0.2, -0.15) is 0 Å². The minimum absolute atomic E-state index is 0.0303. The Hall–Kier alpha value is -2.44. The van der Waals surface area contributed by atoms with Gasteiger partial charge in [0, 0.05) is 19.0 Å². The summed E-state index contributed by atoms with van der Waals surface area (Å²) in [6.07, 6.45) is -0.126. The number of benzene rings is 1. The van der Waals surface area contributed by atoms with E-state index >= 15 is 0 Å². The Labute approximate surface area is 115 Å². The van der Waals surface area contributed by atoms with Gasteiger partial charge in [0.05, 0.1) is 10.8 Å². The van der Waals surface area contributed by atoms with Crippen LogP contribution in [-0.2, 0) is 9.59 Å². The average molecular weight is 278 g/mol. The van der Waals surface area contributed by atoms with E-state index in [1.807, 2.05) is 0 Å². The molecule has 0 bridgehead atoms. The molecule has 1 unspecified atom stereocenters. The molecule has 1 N–H and O–H groups in total. The first-order chi connectivity index (χ1) is 9.31. The predicted octanol–water partition coefficient (Wildman–Crippen LogP) is 1.65. The molecule has 0 aliphatic carbocycles. The first-order valence-corrected chi connectivity index (χ1v) is 6.10. The van der Waals surface area contributed by atoms with Crippen molar-refractivity contribution in [2.45, 2.75) is 20.3 Å². The van der Waals surface area contributed by atoms with Crippen molar-refractivity contribution in [3.05, 3.63) is 33.4 Å². The fourth-order valence-corrected chi connectivity index (χ4v) is 2.25. The topological polar surface area (TPSA) is 101 Å². The van der Waals surface area contributed by atoms with Crippen molar-refractivity contribution in [3.63, 3.8) is 0 Å². The SMILES string of the molecule is Cc1cc(N2CC(C(=O)O)CC2=O)c([N+](=O)[O-])cc1C. The monoisotopic (exact) mass is 278 g/mol. The van der Waals surface area contributed by atoms with Crippen LogP contribution in [0.15, 0.2) is 12.1 Å². The molecule has 0 aromatic heterocycles. The number of aryl methyl sites for hydroxylation is 2. The highest BCUT2D eigenvalue weighted by Gasteiger charge is 2.37. The maximum absolute atomic E-state index is 11.9. The Balaban J connectivity index is 2.47. The van der Waals surface area contributed by atoms with Gasteiger partial charge in [0.1, 0.15) is 5.69 Å². The van der Waals surface area contributed by atoms with E-state index < -0.39 is 22.7 Å². The van der Waals surface area contributed by atoms with Crippen LogP contribution < -0.4 is 4.90 Å². The minimum atomic E-state index is -1.06. The first-order valence-electron chi connectivity index (χ1n) is 6.10. The molecule has 1 aromatic carbocycles. The number of anilines is 1. The summed E-state index contributed by atoms with van der Waals surface area (Å²) in [4.78, 5) is 34.6. The number of amides is 1. The molecule has 1 heterocycles. The second-order valence-corrected chi connectivity index (χ2v) is 4.93. The van der Waals surface area contributed by atoms with E-state index in [-0.39, 0.29) is 24.3 Å². The average Bonchev–Trinajstić information content (AvgIpc) is 2.74. The van der Waals surface area contributed by atoms with Gasteiger partial charge in [0.2, 0.25) is 5.91 Å². The number of nitro groups is 1. The summed E-state index contributed by atoms with van der Waals surface area (Å²) >= 11 is 0. The summed E-state index contributed by atoms with van der Waals surface area (Å²) < 4.78 is 0. The summed E-state index contributed by atoms with van der Waals surface area (Å²) in [6, 6.07) is 2.97. The largest absolute Gasteiger partial charge is 0.481 e. The first kappa shape index (κ1) is 14.0. The van der Waals surface area contributed by atoms with Crippen molar-refractivity contribution in [2.75, 3.05) is 11.4 Å². The van der Waals surface area contributed by atoms with Gasteiger partial charge >= 0.3 is 5.97 Å². The Bertz CT molecular complexity index is 611. The standard InChI is InChI=1S/C13H14N2O5/c1-7-3-10(11(15(19)20)4-8(7)2)14-6-9(13(17)18)5-12(14)16/h3-4,9H,5-6H2,1-2H3,(H,17,18). The molecule has 0 spiro atoms. The number of hydrogen-bond acceptors (Lipinski definition) is 4. The molecule has 1 saturated heterocycles. The Morgan fingerprint density at radius 2 is 2.00 bits per heavy atom. The van der Waals surface area contributed by atoms with Gasteiger partial charge in [-0.1, -0.05) is 0 Å². The Morgan fingerprint density at radius 3 is 2.50 bits per heavy atom. The molecule has 20 heavy (non-hydrogen) atoms. The highest BCUT2D eigenvalue weighted by Crippen LogP contribution is 2.35. The summed E-state index contributed by atoms with van der Waals surface area (Å²) in [7, 11) is 0. The van der Waals surface area contributed by atoms with Crippen LogP contribution >= 0.6 is 0 Å². The van der Waals surface area contributed by atoms with Crippen LogP contribution in [0.5, 0.6) is 0 Å². The Kier molecular flexibility index (Phi) is 3.44. The van der Waals surface area contributed by atoms with Crippen molar-refractivity contribution in [3.8, 4) is 0 Å². The van der Waals surface area contributed by atoms with E-state index in [9.17, 15) is 19.7 Å². The highest BCUT2D eigenvalue weighted by molar-refractivity contribution is 6.01. The van der Waals surface area contributed by atoms with Gasteiger partial charge in [-0.3, -0.25) is 19.7 Å². The predicted molar refractivity (Wildman–Crippen MR) is 70.7 cm³/mol. The zero-order valence-corrected chi connectivity index (χ0v) is 11.1. The number of carbonyl (C=O) groups excluding carboxylic acids is 1. The zero-order valence-electron chi connectivity index (χ0n) is 11.1. The van der Waals surface area contributed by atoms with Gasteiger partial charge in [-0.25, -0.2) is 0 Å². The lowest BCUT2D eigenvalue weighted by atomic mass is 10.1. The fraction of sp³-hybridized carbons (Fsp3) is 0.385. The molecule has 2 rings (SSSR count). The molecule has 1 aliphatic rings. The van der Waals surface area contributed by atoms with E-state index in [0.29, 0.717) is 0 Å². The van der Waals surface area contributed by atoms with E-state index in [1.165, 1.54) is 11.0 Å². The van der Waals surface area contributed by atoms with Crippen molar-refractivity contribution in [1.82, 2.24) is 0 Å². The van der Waals surface area contributed by atoms with Crippen molar-refractivity contribution in [2.24, 2.45) is 5.92 Å². The van der Waals surface area contributed by atoms with E-state index in [0.717, 1.165) is 11.1 Å². The molecule has 1 amide bonds. The third-order valence-corrected chi connectivity index (χ3v) is 3.55. The molecule has 1 fully saturated rings. The number of carboxylic acid groups (broad SMARTS) is 1. The van der Waals surface area contributed by atoms with Gasteiger partial charge in [0.25, 0.3) is 5.69 Å². The molecular weight excluding hydrogens is 264 g/mol. The van der Waals surface area contributed by atoms with Crippen molar-refractivity contribution >= 4 is 23.3 Å². The summed E-state index contributed by atoms with van der Waals surface area (Å²) in [6.45, 7) is 3.51. The maximum atomic E-state index is 11.9. The second kappa shape index (κ2) is 4.92. The van der Waals surface area contributed by atoms with E-state index in [2.05, 4.69) is 0 Å². The van der Waals surface area contributed by atoms with Crippen LogP contribution in [0.4, 0.5) is 11.4 Å². The number of carbonyl (C=O) groups is 2. The molecule has 7 heteroatoms. The Morgan fingerprint density at radius 1 is 1.40 bits per heavy atom. The minimum Gasteiger partial charge on any atom is -0.481 e. The molecule has 106 valence electrons. The molecular formula is C13H14N2O5. The van der Waals surface area contributed by atoms with Gasteiger partial charge < -0.3 is 10.0 Å². The van der Waals surface area contributed by atoms with Gasteiger partial charge in [0.15, 0.2) is 0 Å². The van der Waals surface area contributed by atoms with Crippen LogP contribution in [-0.4, -0.2) is 28.5 Å². The smallest absolute Gasteiger partial charge is 0.308 e. The lowest BCUT2D eigenvalue weighted by molar-refractivity contribution is -0.384. The summed E-state index contributed by atoms with van der Waals surface area (Å²) in [5, 5.41) is 20.1. The highest BCUT2D eigenvalue weighted by atomic mass is 16.6. The number of aliphatic carboxylic acids is 1. The quantitative estimate of drug-likeness (QED) is 0.669. The van der Waals surface area contributed by atoms with Gasteiger partial charge in [-0.15, -0.1) is 0 Å². The molecule has 7 nitrogen and oxygen atoms in total. The van der Waals surface area contributed by atoms with Crippen LogP contribution in [0.1, 0.15) is 17.5 Å². The normalized spacial score (nSPS) is 18.4. The van der Waals surface area contributed by atoms with Crippen molar-refractivity contribution < 1.29 is 19.6 Å². The molecule has 1 atom stereocenters. The van der Waals surface area contributed by atoms with E-state index in [1.54, 1.807) is 19.9 Å². The number of rotatable bonds is 3. The maximum Gasteiger partial charge on any atom is 0.308 e. The number of nitro benzene ring substituents is 1. The van der Waals surface area contributed by atoms with Crippen LogP contribution in [0.2, 0.25) is 0 Å². The molecule has 0 saturated carbocycles. The number of carboxylic acids is 1. The third-order valence-electron chi connectivity index (χ3n) is 3.55. The molecule has 1 aromatic rings. The van der Waals surface area contributed by atoms with Crippen LogP contribution in [0.25, 0.3) is 0 Å². The lowest BCUT2D eigenvalue weighted by Gasteiger charge is -2.17. The molecule has 0 radical (unpaired) electrons. The third kappa shape index (κ3) is 2.34. The van der Waals surface area contributed by atoms with Gasteiger partial charge in [-0.05, 0) is 31.0 Å². The van der Waals surface area contributed by atoms with E-state index in [4.69, 9.17) is 5.11 Å². The van der Waals surface area contributed by atoms with Crippen LogP contribution in [0.3, 0.4) is 0 Å². The fourth-order valence-electron chi connectivity index (χ4n) is 2.25.